The van der Waals surface area contributed by atoms with E-state index >= 15 is 0 Å². The fraction of sp³-hybridized carbons (Fsp3) is 0.0435. The van der Waals surface area contributed by atoms with E-state index in [9.17, 15) is 14.4 Å². The third-order valence-corrected chi connectivity index (χ3v) is 5.97. The van der Waals surface area contributed by atoms with E-state index in [-0.39, 0.29) is 5.69 Å². The molecule has 0 unspecified atom stereocenters. The fourth-order valence-corrected chi connectivity index (χ4v) is 3.96. The minimum Gasteiger partial charge on any atom is -0.267 e. The van der Waals surface area contributed by atoms with Crippen LogP contribution in [0, 0.1) is 0 Å². The van der Waals surface area contributed by atoms with Gasteiger partial charge in [0.2, 0.25) is 0 Å². The summed E-state index contributed by atoms with van der Waals surface area (Å²) in [5.74, 6) is -0.364. The molecular weight excluding hydrogens is 448 g/mol. The number of fused-ring (bicyclic) bond motifs is 1. The number of benzene rings is 3. The molecule has 3 aromatic carbocycles. The lowest BCUT2D eigenvalue weighted by atomic mass is 10.1. The average molecular weight is 465 g/mol. The zero-order valence-electron chi connectivity index (χ0n) is 16.6. The van der Waals surface area contributed by atoms with Crippen LogP contribution in [-0.4, -0.2) is 22.0 Å². The standard InChI is InChI=1S/C23H17ClN4O3S/c24-16-9-11-17(12-10-16)32-13-14-5-7-15(8-6-14)21(29)26-28-23(31)20-18-3-1-2-4-19(18)22(30)27-25-20/h1-12H,13H2,(H,26,29)(H,27,30)(H,28,31). The van der Waals surface area contributed by atoms with E-state index in [1.807, 2.05) is 36.4 Å². The number of halogens is 1. The molecule has 32 heavy (non-hydrogen) atoms. The summed E-state index contributed by atoms with van der Waals surface area (Å²) in [6.07, 6.45) is 0. The summed E-state index contributed by atoms with van der Waals surface area (Å²) < 4.78 is 0. The molecular formula is C23H17ClN4O3S. The van der Waals surface area contributed by atoms with Crippen LogP contribution in [0.5, 0.6) is 0 Å². The highest BCUT2D eigenvalue weighted by molar-refractivity contribution is 7.98. The molecule has 9 heteroatoms. The Morgan fingerprint density at radius 2 is 1.53 bits per heavy atom. The van der Waals surface area contributed by atoms with Gasteiger partial charge < -0.3 is 0 Å². The summed E-state index contributed by atoms with van der Waals surface area (Å²) in [5.41, 5.74) is 5.77. The number of H-pyrrole nitrogens is 1. The SMILES string of the molecule is O=C(NNC(=O)c1n[nH]c(=O)c2ccccc12)c1ccc(CSc2ccc(Cl)cc2)cc1. The highest BCUT2D eigenvalue weighted by atomic mass is 35.5. The number of hydrogen-bond donors (Lipinski definition) is 3. The van der Waals surface area contributed by atoms with Crippen LogP contribution in [0.2, 0.25) is 5.02 Å². The van der Waals surface area contributed by atoms with Gasteiger partial charge in [-0.2, -0.15) is 5.10 Å². The van der Waals surface area contributed by atoms with Gasteiger partial charge in [0.1, 0.15) is 0 Å². The lowest BCUT2D eigenvalue weighted by molar-refractivity contribution is 0.0844. The van der Waals surface area contributed by atoms with Crippen molar-refractivity contribution in [3.63, 3.8) is 0 Å². The first-order chi connectivity index (χ1) is 15.5. The molecule has 1 heterocycles. The van der Waals surface area contributed by atoms with E-state index in [2.05, 4.69) is 21.0 Å². The van der Waals surface area contributed by atoms with Crippen molar-refractivity contribution in [3.8, 4) is 0 Å². The van der Waals surface area contributed by atoms with Crippen LogP contribution in [0.4, 0.5) is 0 Å². The molecule has 0 fully saturated rings. The van der Waals surface area contributed by atoms with Crippen LogP contribution in [0.25, 0.3) is 10.8 Å². The first-order valence-corrected chi connectivity index (χ1v) is 10.9. The molecule has 0 atom stereocenters. The fourth-order valence-electron chi connectivity index (χ4n) is 2.98. The van der Waals surface area contributed by atoms with Crippen LogP contribution in [0.15, 0.2) is 82.5 Å². The number of nitrogens with one attached hydrogen (secondary N) is 3. The van der Waals surface area contributed by atoms with Gasteiger partial charge in [0, 0.05) is 26.6 Å². The maximum absolute atomic E-state index is 12.5. The van der Waals surface area contributed by atoms with Gasteiger partial charge in [-0.1, -0.05) is 41.9 Å². The highest BCUT2D eigenvalue weighted by Gasteiger charge is 2.15. The summed E-state index contributed by atoms with van der Waals surface area (Å²) in [5, 5.41) is 7.53. The maximum Gasteiger partial charge on any atom is 0.290 e. The molecule has 0 aliphatic rings. The maximum atomic E-state index is 12.5. The highest BCUT2D eigenvalue weighted by Crippen LogP contribution is 2.24. The molecule has 4 aromatic rings. The lowest BCUT2D eigenvalue weighted by Crippen LogP contribution is -2.42. The Bertz CT molecular complexity index is 1340. The van der Waals surface area contributed by atoms with E-state index < -0.39 is 17.4 Å². The number of carbonyl (C=O) groups excluding carboxylic acids is 2. The van der Waals surface area contributed by atoms with Crippen molar-refractivity contribution in [2.45, 2.75) is 10.6 Å². The number of hydrogen-bond acceptors (Lipinski definition) is 5. The van der Waals surface area contributed by atoms with Crippen molar-refractivity contribution >= 4 is 45.9 Å². The molecule has 0 aliphatic carbocycles. The molecule has 3 N–H and O–H groups in total. The minimum absolute atomic E-state index is 0.00933. The summed E-state index contributed by atoms with van der Waals surface area (Å²) in [4.78, 5) is 37.8. The number of rotatable bonds is 5. The number of amides is 2. The summed E-state index contributed by atoms with van der Waals surface area (Å²) in [6, 6.07) is 21.3. The topological polar surface area (TPSA) is 104 Å². The molecule has 0 saturated carbocycles. The Morgan fingerprint density at radius 3 is 2.25 bits per heavy atom. The first-order valence-electron chi connectivity index (χ1n) is 9.57. The normalized spacial score (nSPS) is 10.7. The number of aromatic nitrogens is 2. The second-order valence-corrected chi connectivity index (χ2v) is 8.28. The van der Waals surface area contributed by atoms with E-state index in [0.29, 0.717) is 21.4 Å². The molecule has 0 spiro atoms. The third kappa shape index (κ3) is 4.99. The van der Waals surface area contributed by atoms with Crippen LogP contribution >= 0.6 is 23.4 Å². The predicted molar refractivity (Wildman–Crippen MR) is 125 cm³/mol. The number of hydrazine groups is 1. The molecule has 0 radical (unpaired) electrons. The third-order valence-electron chi connectivity index (χ3n) is 4.64. The van der Waals surface area contributed by atoms with Gasteiger partial charge >= 0.3 is 0 Å². The molecule has 4 rings (SSSR count). The molecule has 7 nitrogen and oxygen atoms in total. The zero-order valence-corrected chi connectivity index (χ0v) is 18.2. The largest absolute Gasteiger partial charge is 0.290 e. The van der Waals surface area contributed by atoms with Gasteiger partial charge in [0.15, 0.2) is 5.69 Å². The first kappa shape index (κ1) is 21.6. The average Bonchev–Trinajstić information content (AvgIpc) is 2.83. The quantitative estimate of drug-likeness (QED) is 0.306. The molecule has 0 aliphatic heterocycles. The van der Waals surface area contributed by atoms with Crippen molar-refractivity contribution in [2.75, 3.05) is 0 Å². The lowest BCUT2D eigenvalue weighted by Gasteiger charge is -2.09. The number of nitrogens with zero attached hydrogens (tertiary/aromatic N) is 1. The zero-order chi connectivity index (χ0) is 22.5. The minimum atomic E-state index is -0.637. The van der Waals surface area contributed by atoms with Crippen LogP contribution in [-0.2, 0) is 5.75 Å². The molecule has 1 aromatic heterocycles. The van der Waals surface area contributed by atoms with Gasteiger partial charge in [-0.25, -0.2) is 5.10 Å². The van der Waals surface area contributed by atoms with Gasteiger partial charge in [0.05, 0.1) is 5.39 Å². The van der Waals surface area contributed by atoms with Crippen LogP contribution < -0.4 is 16.4 Å². The molecule has 0 bridgehead atoms. The van der Waals surface area contributed by atoms with Gasteiger partial charge in [-0.3, -0.25) is 25.2 Å². The second kappa shape index (κ2) is 9.67. The van der Waals surface area contributed by atoms with E-state index in [1.54, 1.807) is 48.2 Å². The van der Waals surface area contributed by atoms with Crippen molar-refractivity contribution in [1.29, 1.82) is 0 Å². The van der Waals surface area contributed by atoms with Gasteiger partial charge in [0.25, 0.3) is 17.4 Å². The van der Waals surface area contributed by atoms with E-state index in [4.69, 9.17) is 11.6 Å². The van der Waals surface area contributed by atoms with Crippen molar-refractivity contribution in [3.05, 3.63) is 105 Å². The smallest absolute Gasteiger partial charge is 0.267 e. The van der Waals surface area contributed by atoms with E-state index in [0.717, 1.165) is 16.2 Å². The van der Waals surface area contributed by atoms with Crippen LogP contribution in [0.1, 0.15) is 26.4 Å². The Balaban J connectivity index is 1.36. The molecule has 2 amide bonds. The van der Waals surface area contributed by atoms with Crippen molar-refractivity contribution in [2.24, 2.45) is 0 Å². The number of thioether (sulfide) groups is 1. The number of aromatic amines is 1. The Hall–Kier alpha value is -3.62. The Morgan fingerprint density at radius 1 is 0.875 bits per heavy atom. The van der Waals surface area contributed by atoms with Crippen LogP contribution in [0.3, 0.4) is 0 Å². The van der Waals surface area contributed by atoms with Crippen molar-refractivity contribution in [1.82, 2.24) is 21.0 Å². The molecule has 0 saturated heterocycles. The van der Waals surface area contributed by atoms with Gasteiger partial charge in [-0.15, -0.1) is 11.8 Å². The monoisotopic (exact) mass is 464 g/mol. The molecule has 160 valence electrons. The Kier molecular flexibility index (Phi) is 6.53. The van der Waals surface area contributed by atoms with Gasteiger partial charge in [-0.05, 0) is 48.0 Å². The van der Waals surface area contributed by atoms with E-state index in [1.165, 1.54) is 0 Å². The number of carbonyl (C=O) groups is 2. The Labute approximate surface area is 192 Å². The predicted octanol–water partition coefficient (Wildman–Crippen LogP) is 3.94. The van der Waals surface area contributed by atoms with Crippen molar-refractivity contribution < 1.29 is 9.59 Å². The summed E-state index contributed by atoms with van der Waals surface area (Å²) in [7, 11) is 0. The second-order valence-electron chi connectivity index (χ2n) is 6.79. The summed E-state index contributed by atoms with van der Waals surface area (Å²) >= 11 is 7.56. The summed E-state index contributed by atoms with van der Waals surface area (Å²) in [6.45, 7) is 0.